The lowest BCUT2D eigenvalue weighted by Gasteiger charge is -2.36. The molecule has 1 aliphatic carbocycles. The molecule has 9 heteroatoms. The number of hydrogen-bond acceptors (Lipinski definition) is 6. The Labute approximate surface area is 200 Å². The number of carbonyl (C=O) groups is 3. The molecule has 1 atom stereocenters. The Morgan fingerprint density at radius 1 is 1.18 bits per heavy atom. The van der Waals surface area contributed by atoms with E-state index in [1.54, 1.807) is 29.2 Å². The smallest absolute Gasteiger partial charge is 0.308 e. The summed E-state index contributed by atoms with van der Waals surface area (Å²) in [7, 11) is 0. The Balaban J connectivity index is 1.57. The molecule has 3 rings (SSSR count). The van der Waals surface area contributed by atoms with Crippen LogP contribution in [0.4, 0.5) is 0 Å². The normalized spacial score (nSPS) is 19.1. The van der Waals surface area contributed by atoms with E-state index in [0.717, 1.165) is 32.1 Å². The fourth-order valence-corrected chi connectivity index (χ4v) is 4.25. The summed E-state index contributed by atoms with van der Waals surface area (Å²) in [5.74, 6) is -0.0119. The fourth-order valence-electron chi connectivity index (χ4n) is 3.94. The Morgan fingerprint density at radius 3 is 2.55 bits per heavy atom. The van der Waals surface area contributed by atoms with Crippen LogP contribution in [-0.2, 0) is 14.3 Å². The molecule has 2 amide bonds. The molecule has 0 radical (unpaired) electrons. The molecule has 33 heavy (non-hydrogen) atoms. The Bertz CT molecular complexity index is 852. The van der Waals surface area contributed by atoms with Crippen LogP contribution in [-0.4, -0.2) is 59.6 Å². The highest BCUT2D eigenvalue weighted by Crippen LogP contribution is 2.21. The highest BCUT2D eigenvalue weighted by atomic mass is 32.1. The van der Waals surface area contributed by atoms with Gasteiger partial charge in [-0.3, -0.25) is 19.7 Å². The van der Waals surface area contributed by atoms with Crippen LogP contribution in [0.25, 0.3) is 0 Å². The van der Waals surface area contributed by atoms with E-state index in [2.05, 4.69) is 24.5 Å². The van der Waals surface area contributed by atoms with Gasteiger partial charge in [-0.05, 0) is 68.1 Å². The van der Waals surface area contributed by atoms with Crippen LogP contribution in [0.1, 0.15) is 62.7 Å². The molecule has 8 nitrogen and oxygen atoms in total. The predicted molar refractivity (Wildman–Crippen MR) is 128 cm³/mol. The summed E-state index contributed by atoms with van der Waals surface area (Å²) in [5, 5.41) is 5.56. The Morgan fingerprint density at radius 2 is 1.88 bits per heavy atom. The molecule has 2 aliphatic rings. The lowest BCUT2D eigenvalue weighted by Crippen LogP contribution is -2.60. The average molecular weight is 476 g/mol. The van der Waals surface area contributed by atoms with Gasteiger partial charge >= 0.3 is 5.97 Å². The first-order valence-corrected chi connectivity index (χ1v) is 12.1. The number of rotatable bonds is 7. The number of nitrogens with one attached hydrogen (secondary N) is 2. The van der Waals surface area contributed by atoms with Crippen molar-refractivity contribution in [1.29, 1.82) is 0 Å². The van der Waals surface area contributed by atoms with Crippen molar-refractivity contribution in [2.24, 2.45) is 5.92 Å². The quantitative estimate of drug-likeness (QED) is 0.462. The SMILES string of the molecule is CC(C)COc1ccc(C(=O)NC(=S)N2CCNC(=O)C2CC(=O)OC2CCCCC2)cc1. The van der Waals surface area contributed by atoms with E-state index in [1.165, 1.54) is 0 Å². The van der Waals surface area contributed by atoms with Crippen LogP contribution in [0.15, 0.2) is 24.3 Å². The van der Waals surface area contributed by atoms with Gasteiger partial charge in [-0.1, -0.05) is 20.3 Å². The standard InChI is InChI=1S/C24H33N3O5S/c1-16(2)15-31-18-10-8-17(9-11-18)22(29)26-24(33)27-13-12-25-23(30)20(27)14-21(28)32-19-6-4-3-5-7-19/h8-11,16,19-20H,3-7,12-15H2,1-2H3,(H,25,30)(H,26,29,33). The van der Waals surface area contributed by atoms with Crippen LogP contribution in [0.3, 0.4) is 0 Å². The van der Waals surface area contributed by atoms with Crippen molar-refractivity contribution in [1.82, 2.24) is 15.5 Å². The van der Waals surface area contributed by atoms with Gasteiger partial charge in [-0.15, -0.1) is 0 Å². The summed E-state index contributed by atoms with van der Waals surface area (Å²) in [6.45, 7) is 5.50. The van der Waals surface area contributed by atoms with Gasteiger partial charge in [0.25, 0.3) is 5.91 Å². The largest absolute Gasteiger partial charge is 0.493 e. The molecule has 0 spiro atoms. The van der Waals surface area contributed by atoms with E-state index < -0.39 is 12.0 Å². The van der Waals surface area contributed by atoms with E-state index in [0.29, 0.717) is 36.9 Å². The van der Waals surface area contributed by atoms with Crippen molar-refractivity contribution in [3.05, 3.63) is 29.8 Å². The Hall–Kier alpha value is -2.68. The first-order chi connectivity index (χ1) is 15.8. The van der Waals surface area contributed by atoms with Gasteiger partial charge in [0.2, 0.25) is 5.91 Å². The topological polar surface area (TPSA) is 97.0 Å². The van der Waals surface area contributed by atoms with Gasteiger partial charge < -0.3 is 19.7 Å². The second-order valence-electron chi connectivity index (χ2n) is 8.94. The van der Waals surface area contributed by atoms with E-state index in [4.69, 9.17) is 21.7 Å². The van der Waals surface area contributed by atoms with Crippen molar-refractivity contribution in [3.63, 3.8) is 0 Å². The summed E-state index contributed by atoms with van der Waals surface area (Å²) in [5.41, 5.74) is 0.420. The van der Waals surface area contributed by atoms with Gasteiger partial charge in [-0.2, -0.15) is 0 Å². The van der Waals surface area contributed by atoms with Crippen molar-refractivity contribution in [2.75, 3.05) is 19.7 Å². The first-order valence-electron chi connectivity index (χ1n) is 11.7. The van der Waals surface area contributed by atoms with Crippen LogP contribution in [0.5, 0.6) is 5.75 Å². The highest BCUT2D eigenvalue weighted by Gasteiger charge is 2.35. The van der Waals surface area contributed by atoms with Crippen molar-refractivity contribution in [2.45, 2.75) is 64.5 Å². The molecule has 1 saturated heterocycles. The number of esters is 1. The third-order valence-electron chi connectivity index (χ3n) is 5.72. The third-order valence-corrected chi connectivity index (χ3v) is 6.06. The molecule has 0 aromatic heterocycles. The van der Waals surface area contributed by atoms with Crippen LogP contribution in [0.2, 0.25) is 0 Å². The highest BCUT2D eigenvalue weighted by molar-refractivity contribution is 7.80. The molecule has 2 N–H and O–H groups in total. The maximum absolute atomic E-state index is 12.7. The number of amides is 2. The minimum absolute atomic E-state index is 0.0782. The predicted octanol–water partition coefficient (Wildman–Crippen LogP) is 2.80. The molecular formula is C24H33N3O5S. The van der Waals surface area contributed by atoms with Crippen LogP contribution >= 0.6 is 12.2 Å². The summed E-state index contributed by atoms with van der Waals surface area (Å²) in [6, 6.07) is 5.98. The molecule has 1 heterocycles. The lowest BCUT2D eigenvalue weighted by atomic mass is 9.98. The van der Waals surface area contributed by atoms with E-state index in [1.807, 2.05) is 0 Å². The second-order valence-corrected chi connectivity index (χ2v) is 9.33. The molecule has 1 aliphatic heterocycles. The minimum Gasteiger partial charge on any atom is -0.493 e. The fraction of sp³-hybridized carbons (Fsp3) is 0.583. The molecule has 1 unspecified atom stereocenters. The zero-order valence-electron chi connectivity index (χ0n) is 19.3. The van der Waals surface area contributed by atoms with E-state index >= 15 is 0 Å². The van der Waals surface area contributed by atoms with Crippen molar-refractivity contribution < 1.29 is 23.9 Å². The van der Waals surface area contributed by atoms with Crippen LogP contribution < -0.4 is 15.4 Å². The van der Waals surface area contributed by atoms with Gasteiger partial charge in [0.05, 0.1) is 13.0 Å². The zero-order chi connectivity index (χ0) is 23.8. The summed E-state index contributed by atoms with van der Waals surface area (Å²) in [4.78, 5) is 39.3. The van der Waals surface area contributed by atoms with Gasteiger partial charge in [0.15, 0.2) is 5.11 Å². The molecule has 1 aromatic carbocycles. The number of benzene rings is 1. The molecule has 1 aromatic rings. The van der Waals surface area contributed by atoms with Crippen LogP contribution in [0, 0.1) is 5.92 Å². The zero-order valence-corrected chi connectivity index (χ0v) is 20.1. The van der Waals surface area contributed by atoms with Gasteiger partial charge in [-0.25, -0.2) is 0 Å². The number of nitrogens with zero attached hydrogens (tertiary/aromatic N) is 1. The average Bonchev–Trinajstić information content (AvgIpc) is 2.80. The number of thiocarbonyl (C=S) groups is 1. The number of piperazine rings is 1. The summed E-state index contributed by atoms with van der Waals surface area (Å²) < 4.78 is 11.2. The first kappa shape index (κ1) is 25.0. The number of ether oxygens (including phenoxy) is 2. The molecular weight excluding hydrogens is 442 g/mol. The summed E-state index contributed by atoms with van der Waals surface area (Å²) in [6.07, 6.45) is 4.80. The third kappa shape index (κ3) is 7.42. The maximum Gasteiger partial charge on any atom is 0.308 e. The minimum atomic E-state index is -0.811. The molecule has 0 bridgehead atoms. The van der Waals surface area contributed by atoms with E-state index in [9.17, 15) is 14.4 Å². The molecule has 180 valence electrons. The second kappa shape index (κ2) is 12.0. The Kier molecular flexibility index (Phi) is 9.05. The molecule has 2 fully saturated rings. The lowest BCUT2D eigenvalue weighted by molar-refractivity contribution is -0.153. The van der Waals surface area contributed by atoms with Crippen molar-refractivity contribution >= 4 is 35.1 Å². The molecule has 1 saturated carbocycles. The monoisotopic (exact) mass is 475 g/mol. The van der Waals surface area contributed by atoms with E-state index in [-0.39, 0.29) is 29.5 Å². The number of carbonyl (C=O) groups excluding carboxylic acids is 3. The number of hydrogen-bond donors (Lipinski definition) is 2. The van der Waals surface area contributed by atoms with Gasteiger partial charge in [0.1, 0.15) is 17.9 Å². The van der Waals surface area contributed by atoms with Gasteiger partial charge in [0, 0.05) is 18.7 Å². The maximum atomic E-state index is 12.7. The summed E-state index contributed by atoms with van der Waals surface area (Å²) >= 11 is 5.43. The van der Waals surface area contributed by atoms with Crippen molar-refractivity contribution in [3.8, 4) is 5.75 Å².